The third-order valence-corrected chi connectivity index (χ3v) is 1.95. The zero-order chi connectivity index (χ0) is 11.8. The molecule has 1 heterocycles. The van der Waals surface area contributed by atoms with Crippen LogP contribution in [0.2, 0.25) is 0 Å². The van der Waals surface area contributed by atoms with Crippen LogP contribution in [0.3, 0.4) is 0 Å². The Hall–Kier alpha value is -1.42. The largest absolute Gasteiger partial charge is 0.472 e. The molecule has 0 saturated heterocycles. The van der Waals surface area contributed by atoms with Crippen molar-refractivity contribution in [2.24, 2.45) is 0 Å². The first-order valence-electron chi connectivity index (χ1n) is 5.52. The minimum Gasteiger partial charge on any atom is -0.472 e. The lowest BCUT2D eigenvalue weighted by Crippen LogP contribution is -2.22. The second kappa shape index (κ2) is 6.95. The van der Waals surface area contributed by atoms with Crippen molar-refractivity contribution in [3.63, 3.8) is 0 Å². The SMILES string of the molecule is CC=CCOc1ccc(CNC(C)C)nn1. The van der Waals surface area contributed by atoms with Gasteiger partial charge in [0.25, 0.3) is 0 Å². The molecule has 1 aromatic rings. The molecule has 0 unspecified atom stereocenters. The predicted octanol–water partition coefficient (Wildman–Crippen LogP) is 1.93. The Kier molecular flexibility index (Phi) is 5.50. The summed E-state index contributed by atoms with van der Waals surface area (Å²) in [4.78, 5) is 0. The Bertz CT molecular complexity index is 320. The summed E-state index contributed by atoms with van der Waals surface area (Å²) in [6.45, 7) is 7.42. The molecule has 0 fully saturated rings. The molecule has 0 aliphatic heterocycles. The van der Waals surface area contributed by atoms with Gasteiger partial charge < -0.3 is 10.1 Å². The summed E-state index contributed by atoms with van der Waals surface area (Å²) in [5.41, 5.74) is 0.923. The minimum absolute atomic E-state index is 0.451. The molecule has 0 atom stereocenters. The first-order chi connectivity index (χ1) is 7.72. The zero-order valence-electron chi connectivity index (χ0n) is 10.1. The molecule has 0 spiro atoms. The maximum absolute atomic E-state index is 5.35. The molecular weight excluding hydrogens is 202 g/mol. The van der Waals surface area contributed by atoms with Crippen LogP contribution < -0.4 is 10.1 Å². The van der Waals surface area contributed by atoms with Gasteiger partial charge in [0.2, 0.25) is 5.88 Å². The summed E-state index contributed by atoms with van der Waals surface area (Å²) in [5, 5.41) is 11.3. The average molecular weight is 221 g/mol. The van der Waals surface area contributed by atoms with E-state index in [-0.39, 0.29) is 0 Å². The van der Waals surface area contributed by atoms with Gasteiger partial charge in [-0.3, -0.25) is 0 Å². The summed E-state index contributed by atoms with van der Waals surface area (Å²) in [6, 6.07) is 4.22. The van der Waals surface area contributed by atoms with Gasteiger partial charge in [-0.05, 0) is 13.0 Å². The van der Waals surface area contributed by atoms with Crippen molar-refractivity contribution < 1.29 is 4.74 Å². The minimum atomic E-state index is 0.451. The predicted molar refractivity (Wildman–Crippen MR) is 64.3 cm³/mol. The number of ether oxygens (including phenoxy) is 1. The van der Waals surface area contributed by atoms with Gasteiger partial charge in [0, 0.05) is 18.7 Å². The zero-order valence-corrected chi connectivity index (χ0v) is 10.1. The molecule has 1 aromatic heterocycles. The third-order valence-electron chi connectivity index (χ3n) is 1.95. The molecule has 0 aliphatic carbocycles. The van der Waals surface area contributed by atoms with E-state index in [1.807, 2.05) is 31.2 Å². The third kappa shape index (κ3) is 4.89. The molecule has 0 saturated carbocycles. The fourth-order valence-corrected chi connectivity index (χ4v) is 1.06. The summed E-state index contributed by atoms with van der Waals surface area (Å²) < 4.78 is 5.35. The Morgan fingerprint density at radius 2 is 2.19 bits per heavy atom. The summed E-state index contributed by atoms with van der Waals surface area (Å²) in [7, 11) is 0. The Morgan fingerprint density at radius 1 is 1.38 bits per heavy atom. The maximum atomic E-state index is 5.35. The first-order valence-corrected chi connectivity index (χ1v) is 5.52. The lowest BCUT2D eigenvalue weighted by Gasteiger charge is -2.07. The van der Waals surface area contributed by atoms with Crippen LogP contribution >= 0.6 is 0 Å². The highest BCUT2D eigenvalue weighted by molar-refractivity contribution is 5.11. The van der Waals surface area contributed by atoms with E-state index in [0.29, 0.717) is 18.5 Å². The second-order valence-electron chi connectivity index (χ2n) is 3.78. The van der Waals surface area contributed by atoms with Crippen LogP contribution in [0, 0.1) is 0 Å². The van der Waals surface area contributed by atoms with Gasteiger partial charge in [-0.1, -0.05) is 26.0 Å². The van der Waals surface area contributed by atoms with Crippen LogP contribution in [0.15, 0.2) is 24.3 Å². The van der Waals surface area contributed by atoms with Crippen molar-refractivity contribution in [3.8, 4) is 5.88 Å². The van der Waals surface area contributed by atoms with E-state index in [1.165, 1.54) is 0 Å². The van der Waals surface area contributed by atoms with Crippen LogP contribution in [0.25, 0.3) is 0 Å². The van der Waals surface area contributed by atoms with Gasteiger partial charge in [-0.2, -0.15) is 5.10 Å². The van der Waals surface area contributed by atoms with Crippen molar-refractivity contribution >= 4 is 0 Å². The summed E-state index contributed by atoms with van der Waals surface area (Å²) in [5.74, 6) is 0.561. The molecular formula is C12H19N3O. The number of hydrogen-bond donors (Lipinski definition) is 1. The fourth-order valence-electron chi connectivity index (χ4n) is 1.06. The van der Waals surface area contributed by atoms with E-state index >= 15 is 0 Å². The standard InChI is InChI=1S/C12H19N3O/c1-4-5-8-16-12-7-6-11(14-15-12)9-13-10(2)3/h4-7,10,13H,8-9H2,1-3H3. The van der Waals surface area contributed by atoms with Crippen molar-refractivity contribution in [2.45, 2.75) is 33.4 Å². The molecule has 16 heavy (non-hydrogen) atoms. The summed E-state index contributed by atoms with van der Waals surface area (Å²) in [6.07, 6.45) is 3.87. The Morgan fingerprint density at radius 3 is 2.75 bits per heavy atom. The van der Waals surface area contributed by atoms with Crippen molar-refractivity contribution in [2.75, 3.05) is 6.61 Å². The van der Waals surface area contributed by atoms with E-state index in [1.54, 1.807) is 0 Å². The number of nitrogens with one attached hydrogen (secondary N) is 1. The van der Waals surface area contributed by atoms with E-state index < -0.39 is 0 Å². The summed E-state index contributed by atoms with van der Waals surface area (Å²) >= 11 is 0. The molecule has 1 N–H and O–H groups in total. The van der Waals surface area contributed by atoms with Gasteiger partial charge in [-0.25, -0.2) is 0 Å². The monoisotopic (exact) mass is 221 g/mol. The highest BCUT2D eigenvalue weighted by Gasteiger charge is 1.99. The van der Waals surface area contributed by atoms with E-state index in [0.717, 1.165) is 12.2 Å². The number of nitrogens with zero attached hydrogens (tertiary/aromatic N) is 2. The molecule has 88 valence electrons. The van der Waals surface area contributed by atoms with Crippen LogP contribution in [0.4, 0.5) is 0 Å². The van der Waals surface area contributed by atoms with E-state index in [4.69, 9.17) is 4.74 Å². The molecule has 1 rings (SSSR count). The highest BCUT2D eigenvalue weighted by atomic mass is 16.5. The molecule has 0 amide bonds. The maximum Gasteiger partial charge on any atom is 0.233 e. The van der Waals surface area contributed by atoms with E-state index in [9.17, 15) is 0 Å². The molecule has 0 aromatic carbocycles. The quantitative estimate of drug-likeness (QED) is 0.746. The van der Waals surface area contributed by atoms with Crippen molar-refractivity contribution in [3.05, 3.63) is 30.0 Å². The van der Waals surface area contributed by atoms with Crippen LogP contribution in [0.5, 0.6) is 5.88 Å². The molecule has 0 radical (unpaired) electrons. The van der Waals surface area contributed by atoms with E-state index in [2.05, 4.69) is 29.4 Å². The first kappa shape index (κ1) is 12.6. The Labute approximate surface area is 96.7 Å². The van der Waals surface area contributed by atoms with Crippen LogP contribution in [0.1, 0.15) is 26.5 Å². The molecule has 4 nitrogen and oxygen atoms in total. The van der Waals surface area contributed by atoms with Gasteiger partial charge in [0.1, 0.15) is 6.61 Å². The number of rotatable bonds is 6. The topological polar surface area (TPSA) is 47.0 Å². The number of allylic oxidation sites excluding steroid dienone is 1. The van der Waals surface area contributed by atoms with Gasteiger partial charge in [0.15, 0.2) is 0 Å². The van der Waals surface area contributed by atoms with Crippen molar-refractivity contribution in [1.29, 1.82) is 0 Å². The lowest BCUT2D eigenvalue weighted by molar-refractivity contribution is 0.342. The van der Waals surface area contributed by atoms with Gasteiger partial charge in [0.05, 0.1) is 5.69 Å². The number of hydrogen-bond acceptors (Lipinski definition) is 4. The van der Waals surface area contributed by atoms with Gasteiger partial charge in [-0.15, -0.1) is 5.10 Å². The van der Waals surface area contributed by atoms with Crippen LogP contribution in [-0.2, 0) is 6.54 Å². The average Bonchev–Trinajstić information content (AvgIpc) is 2.28. The molecule has 0 aliphatic rings. The Balaban J connectivity index is 2.41. The number of aromatic nitrogens is 2. The lowest BCUT2D eigenvalue weighted by atomic mass is 10.3. The van der Waals surface area contributed by atoms with Gasteiger partial charge >= 0.3 is 0 Å². The van der Waals surface area contributed by atoms with Crippen LogP contribution in [-0.4, -0.2) is 22.8 Å². The second-order valence-corrected chi connectivity index (χ2v) is 3.78. The van der Waals surface area contributed by atoms with Crippen molar-refractivity contribution in [1.82, 2.24) is 15.5 Å². The molecule has 4 heteroatoms. The highest BCUT2D eigenvalue weighted by Crippen LogP contribution is 2.04. The normalized spacial score (nSPS) is 11.2. The smallest absolute Gasteiger partial charge is 0.233 e. The fraction of sp³-hybridized carbons (Fsp3) is 0.500. The molecule has 0 bridgehead atoms.